The summed E-state index contributed by atoms with van der Waals surface area (Å²) < 4.78 is 6.81. The van der Waals surface area contributed by atoms with Crippen LogP contribution in [-0.2, 0) is 27.2 Å². The first-order valence-corrected chi connectivity index (χ1v) is 4.82. The van der Waals surface area contributed by atoms with Gasteiger partial charge in [-0.1, -0.05) is 11.6 Å². The Hall–Kier alpha value is -2.03. The van der Waals surface area contributed by atoms with E-state index in [1.54, 1.807) is 23.7 Å². The topological polar surface area (TPSA) is 61.1 Å². The van der Waals surface area contributed by atoms with Gasteiger partial charge in [-0.2, -0.15) is 0 Å². The molecule has 0 saturated heterocycles. The van der Waals surface area contributed by atoms with Crippen LogP contribution in [0.3, 0.4) is 0 Å². The van der Waals surface area contributed by atoms with Gasteiger partial charge in [-0.25, -0.2) is 0 Å². The Bertz CT molecular complexity index is 739. The second kappa shape index (κ2) is 4.69. The number of hydrogen-bond acceptors (Lipinski definition) is 4. The minimum absolute atomic E-state index is 0. The van der Waals surface area contributed by atoms with Crippen molar-refractivity contribution in [3.8, 4) is 11.4 Å². The van der Waals surface area contributed by atoms with Gasteiger partial charge < -0.3 is 13.8 Å². The maximum atomic E-state index is 6.95. The fourth-order valence-corrected chi connectivity index (χ4v) is 1.64. The first-order valence-electron chi connectivity index (χ1n) is 4.82. The number of aromatic nitrogens is 4. The second-order valence-corrected chi connectivity index (χ2v) is 3.41. The number of benzene rings is 1. The van der Waals surface area contributed by atoms with E-state index in [1.807, 2.05) is 0 Å². The number of hydrogen-bond donors (Lipinski definition) is 0. The molecule has 6 nitrogen and oxygen atoms in total. The Labute approximate surface area is 116 Å². The quantitative estimate of drug-likeness (QED) is 0.569. The molecule has 0 aliphatic rings. The van der Waals surface area contributed by atoms with E-state index in [1.165, 1.54) is 6.39 Å². The van der Waals surface area contributed by atoms with E-state index in [2.05, 4.69) is 26.1 Å². The Kier molecular flexibility index (Phi) is 3.23. The molecule has 0 atom stereocenters. The van der Waals surface area contributed by atoms with E-state index in [0.717, 1.165) is 0 Å². The van der Waals surface area contributed by atoms with Crippen molar-refractivity contribution in [1.29, 1.82) is 0 Å². The van der Waals surface area contributed by atoms with Crippen molar-refractivity contribution >= 4 is 17.0 Å². The average Bonchev–Trinajstić information content (AvgIpc) is 2.94. The van der Waals surface area contributed by atoms with Gasteiger partial charge in [0.2, 0.25) is 0 Å². The average molecular weight is 416 g/mol. The van der Waals surface area contributed by atoms with Crippen molar-refractivity contribution in [3.63, 3.8) is 0 Å². The third kappa shape index (κ3) is 1.72. The number of fused-ring (bicyclic) bond motifs is 1. The number of oxazole rings is 1. The van der Waals surface area contributed by atoms with Gasteiger partial charge in [0.1, 0.15) is 5.82 Å². The predicted octanol–water partition coefficient (Wildman–Crippen LogP) is 1.97. The molecule has 0 spiro atoms. The molecule has 3 rings (SSSR count). The molecular weight excluding hydrogens is 410 g/mol. The van der Waals surface area contributed by atoms with Crippen LogP contribution in [0.5, 0.6) is 0 Å². The molecule has 0 aliphatic carbocycles. The summed E-state index contributed by atoms with van der Waals surface area (Å²) in [7, 11) is 1.73. The Morgan fingerprint density at radius 3 is 3.00 bits per heavy atom. The fourth-order valence-electron chi connectivity index (χ4n) is 1.64. The van der Waals surface area contributed by atoms with Crippen molar-refractivity contribution in [2.24, 2.45) is 7.05 Å². The van der Waals surface area contributed by atoms with E-state index in [4.69, 9.17) is 11.0 Å². The second-order valence-electron chi connectivity index (χ2n) is 3.41. The summed E-state index contributed by atoms with van der Waals surface area (Å²) in [5.74, 6) is 0.782. The van der Waals surface area contributed by atoms with Gasteiger partial charge in [-0.05, 0) is 5.10 Å². The zero-order valence-corrected chi connectivity index (χ0v) is 11.6. The zero-order chi connectivity index (χ0) is 11.8. The van der Waals surface area contributed by atoms with Crippen molar-refractivity contribution in [1.82, 2.24) is 19.7 Å². The minimum Gasteiger partial charge on any atom is -0.464 e. The van der Waals surface area contributed by atoms with E-state index >= 15 is 0 Å². The summed E-state index contributed by atoms with van der Waals surface area (Å²) in [4.78, 5) is 7.38. The first-order chi connectivity index (χ1) is 8.31. The SMILES string of the molecule is [C-]#[N+]c1nnc(-c2[c-]ccc3ocnc23)n1C.[Ir]. The Balaban J connectivity index is 0.00000120. The molecular formula is C11H6IrN5O-. The molecule has 91 valence electrons. The van der Waals surface area contributed by atoms with Crippen molar-refractivity contribution < 1.29 is 24.5 Å². The molecule has 1 aromatic carbocycles. The molecule has 0 aliphatic heterocycles. The van der Waals surface area contributed by atoms with Gasteiger partial charge in [0.15, 0.2) is 6.39 Å². The Morgan fingerprint density at radius 1 is 1.44 bits per heavy atom. The van der Waals surface area contributed by atoms with Crippen LogP contribution in [0.2, 0.25) is 0 Å². The van der Waals surface area contributed by atoms with Crippen LogP contribution >= 0.6 is 0 Å². The molecule has 2 heterocycles. The molecule has 7 heteroatoms. The fraction of sp³-hybridized carbons (Fsp3) is 0.0909. The third-order valence-electron chi connectivity index (χ3n) is 2.47. The van der Waals surface area contributed by atoms with Gasteiger partial charge >= 0.3 is 5.95 Å². The molecule has 0 saturated carbocycles. The largest absolute Gasteiger partial charge is 0.464 e. The molecule has 0 fully saturated rings. The molecule has 0 N–H and O–H groups in total. The van der Waals surface area contributed by atoms with Crippen molar-refractivity contribution in [3.05, 3.63) is 36.0 Å². The van der Waals surface area contributed by atoms with Gasteiger partial charge in [-0.15, -0.1) is 23.8 Å². The summed E-state index contributed by atoms with van der Waals surface area (Å²) in [6.45, 7) is 6.95. The van der Waals surface area contributed by atoms with Crippen LogP contribution in [0.15, 0.2) is 22.9 Å². The summed E-state index contributed by atoms with van der Waals surface area (Å²) in [5.41, 5.74) is 2.01. The Morgan fingerprint density at radius 2 is 2.28 bits per heavy atom. The molecule has 0 bridgehead atoms. The molecule has 1 radical (unpaired) electrons. The van der Waals surface area contributed by atoms with E-state index in [9.17, 15) is 0 Å². The predicted molar refractivity (Wildman–Crippen MR) is 59.1 cm³/mol. The molecule has 0 amide bonds. The summed E-state index contributed by atoms with van der Waals surface area (Å²) in [6, 6.07) is 6.55. The van der Waals surface area contributed by atoms with Crippen molar-refractivity contribution in [2.45, 2.75) is 0 Å². The summed E-state index contributed by atoms with van der Waals surface area (Å²) >= 11 is 0. The van der Waals surface area contributed by atoms with Crippen LogP contribution in [0.1, 0.15) is 0 Å². The summed E-state index contributed by atoms with van der Waals surface area (Å²) in [6.07, 6.45) is 1.37. The maximum absolute atomic E-state index is 6.95. The zero-order valence-electron chi connectivity index (χ0n) is 9.21. The first kappa shape index (κ1) is 12.4. The van der Waals surface area contributed by atoms with Crippen molar-refractivity contribution in [2.75, 3.05) is 0 Å². The van der Waals surface area contributed by atoms with Gasteiger partial charge in [0, 0.05) is 32.7 Å². The maximum Gasteiger partial charge on any atom is 0.352 e. The monoisotopic (exact) mass is 417 g/mol. The van der Waals surface area contributed by atoms with Gasteiger partial charge in [-0.3, -0.25) is 4.98 Å². The van der Waals surface area contributed by atoms with Crippen LogP contribution in [0.4, 0.5) is 5.95 Å². The number of rotatable bonds is 1. The van der Waals surface area contributed by atoms with E-state index in [0.29, 0.717) is 22.5 Å². The molecule has 18 heavy (non-hydrogen) atoms. The van der Waals surface area contributed by atoms with Crippen LogP contribution in [-0.4, -0.2) is 19.7 Å². The molecule has 3 aromatic rings. The van der Waals surface area contributed by atoms with Crippen LogP contribution in [0, 0.1) is 12.6 Å². The molecule has 2 aromatic heterocycles. The molecule has 0 unspecified atom stereocenters. The third-order valence-corrected chi connectivity index (χ3v) is 2.47. The van der Waals surface area contributed by atoms with Gasteiger partial charge in [0.05, 0.1) is 5.58 Å². The number of nitrogens with zero attached hydrogens (tertiary/aromatic N) is 5. The van der Waals surface area contributed by atoms with Crippen LogP contribution in [0.25, 0.3) is 27.3 Å². The minimum atomic E-state index is 0. The smallest absolute Gasteiger partial charge is 0.352 e. The standard InChI is InChI=1S/C11H6N5O.Ir/c1-12-11-15-14-10(16(11)2)7-4-3-5-8-9(7)13-6-17-8;/h3,5-6H,2H3;/q-1;. The van der Waals surface area contributed by atoms with E-state index < -0.39 is 0 Å². The van der Waals surface area contributed by atoms with E-state index in [-0.39, 0.29) is 26.1 Å². The summed E-state index contributed by atoms with van der Waals surface area (Å²) in [5, 5.41) is 7.76. The van der Waals surface area contributed by atoms with Gasteiger partial charge in [0.25, 0.3) is 0 Å². The normalized spacial score (nSPS) is 10.0. The van der Waals surface area contributed by atoms with Crippen LogP contribution < -0.4 is 0 Å².